The van der Waals surface area contributed by atoms with Crippen molar-refractivity contribution in [1.29, 1.82) is 0 Å². The van der Waals surface area contributed by atoms with E-state index in [1.807, 2.05) is 32.2 Å². The van der Waals surface area contributed by atoms with Crippen molar-refractivity contribution in [2.75, 3.05) is 5.32 Å². The zero-order valence-corrected chi connectivity index (χ0v) is 15.8. The molecule has 1 amide bonds. The van der Waals surface area contributed by atoms with Crippen LogP contribution < -0.4 is 5.32 Å². The van der Waals surface area contributed by atoms with Gasteiger partial charge in [-0.1, -0.05) is 12.1 Å². The summed E-state index contributed by atoms with van der Waals surface area (Å²) in [4.78, 5) is 16.7. The largest absolute Gasteiger partial charge is 0.416 e. The van der Waals surface area contributed by atoms with E-state index in [1.165, 1.54) is 29.0 Å². The van der Waals surface area contributed by atoms with E-state index < -0.39 is 17.6 Å². The van der Waals surface area contributed by atoms with Crippen molar-refractivity contribution < 1.29 is 18.0 Å². The summed E-state index contributed by atoms with van der Waals surface area (Å²) in [5.41, 5.74) is 4.15. The van der Waals surface area contributed by atoms with Gasteiger partial charge in [0, 0.05) is 16.5 Å². The highest BCUT2D eigenvalue weighted by Crippen LogP contribution is 2.31. The molecule has 1 heterocycles. The lowest BCUT2D eigenvalue weighted by molar-refractivity contribution is -0.137. The van der Waals surface area contributed by atoms with E-state index in [-0.39, 0.29) is 5.56 Å². The average molecular weight is 390 g/mol. The standard InChI is InChI=1S/C20H17F3N2OS/c1-11-7-13(3)16(8-12(11)2)17-10-27-19(24-17)25-18(26)14-5-4-6-15(9-14)20(21,22)23/h4-10H,1-3H3,(H,24,25,26). The molecule has 0 aliphatic heterocycles. The number of anilines is 1. The third kappa shape index (κ3) is 4.19. The van der Waals surface area contributed by atoms with E-state index in [4.69, 9.17) is 0 Å². The fraction of sp³-hybridized carbons (Fsp3) is 0.200. The highest BCUT2D eigenvalue weighted by molar-refractivity contribution is 7.14. The fourth-order valence-electron chi connectivity index (χ4n) is 2.70. The summed E-state index contributed by atoms with van der Waals surface area (Å²) in [6.07, 6.45) is -4.49. The molecule has 0 fully saturated rings. The number of halogens is 3. The van der Waals surface area contributed by atoms with Gasteiger partial charge in [-0.15, -0.1) is 11.3 Å². The predicted molar refractivity (Wildman–Crippen MR) is 101 cm³/mol. The molecule has 140 valence electrons. The zero-order valence-electron chi connectivity index (χ0n) is 14.9. The number of hydrogen-bond donors (Lipinski definition) is 1. The predicted octanol–water partition coefficient (Wildman–Crippen LogP) is 6.01. The monoisotopic (exact) mass is 390 g/mol. The first-order valence-electron chi connectivity index (χ1n) is 8.17. The average Bonchev–Trinajstić information content (AvgIpc) is 3.05. The maximum Gasteiger partial charge on any atom is 0.416 e. The molecule has 2 aromatic carbocycles. The number of aromatic nitrogens is 1. The molecule has 0 unspecified atom stereocenters. The van der Waals surface area contributed by atoms with Gasteiger partial charge in [-0.05, 0) is 61.7 Å². The van der Waals surface area contributed by atoms with Crippen LogP contribution in [0.2, 0.25) is 0 Å². The van der Waals surface area contributed by atoms with Crippen molar-refractivity contribution in [3.05, 3.63) is 69.6 Å². The molecular formula is C20H17F3N2OS. The minimum Gasteiger partial charge on any atom is -0.298 e. The van der Waals surface area contributed by atoms with Crippen LogP contribution in [0.5, 0.6) is 0 Å². The van der Waals surface area contributed by atoms with Crippen molar-refractivity contribution in [2.24, 2.45) is 0 Å². The Morgan fingerprint density at radius 1 is 1.04 bits per heavy atom. The van der Waals surface area contributed by atoms with Crippen molar-refractivity contribution >= 4 is 22.4 Å². The van der Waals surface area contributed by atoms with Gasteiger partial charge in [0.15, 0.2) is 5.13 Å². The van der Waals surface area contributed by atoms with Crippen LogP contribution in [0, 0.1) is 20.8 Å². The number of benzene rings is 2. The van der Waals surface area contributed by atoms with Gasteiger partial charge in [-0.3, -0.25) is 10.1 Å². The Kier molecular flexibility index (Phi) is 5.06. The maximum atomic E-state index is 12.8. The van der Waals surface area contributed by atoms with E-state index in [9.17, 15) is 18.0 Å². The molecular weight excluding hydrogens is 373 g/mol. The number of nitrogens with one attached hydrogen (secondary N) is 1. The van der Waals surface area contributed by atoms with Crippen LogP contribution in [0.4, 0.5) is 18.3 Å². The Morgan fingerprint density at radius 2 is 1.74 bits per heavy atom. The number of hydrogen-bond acceptors (Lipinski definition) is 3. The van der Waals surface area contributed by atoms with Crippen LogP contribution in [-0.4, -0.2) is 10.9 Å². The molecule has 27 heavy (non-hydrogen) atoms. The molecule has 1 N–H and O–H groups in total. The second-order valence-corrected chi connectivity index (χ2v) is 7.18. The zero-order chi connectivity index (χ0) is 19.8. The number of amides is 1. The van der Waals surface area contributed by atoms with Gasteiger partial charge in [0.05, 0.1) is 11.3 Å². The van der Waals surface area contributed by atoms with Crippen LogP contribution in [-0.2, 0) is 6.18 Å². The lowest BCUT2D eigenvalue weighted by Gasteiger charge is -2.08. The second-order valence-electron chi connectivity index (χ2n) is 6.32. The van der Waals surface area contributed by atoms with E-state index in [1.54, 1.807) is 0 Å². The Balaban J connectivity index is 1.82. The first-order valence-corrected chi connectivity index (χ1v) is 9.05. The number of carbonyl (C=O) groups is 1. The van der Waals surface area contributed by atoms with Gasteiger partial charge in [0.1, 0.15) is 0 Å². The molecule has 3 nitrogen and oxygen atoms in total. The first kappa shape index (κ1) is 19.1. The van der Waals surface area contributed by atoms with Crippen LogP contribution >= 0.6 is 11.3 Å². The highest BCUT2D eigenvalue weighted by atomic mass is 32.1. The van der Waals surface area contributed by atoms with E-state index in [0.717, 1.165) is 34.5 Å². The summed E-state index contributed by atoms with van der Waals surface area (Å²) >= 11 is 1.23. The molecule has 0 spiro atoms. The van der Waals surface area contributed by atoms with Crippen molar-refractivity contribution in [2.45, 2.75) is 26.9 Å². The summed E-state index contributed by atoms with van der Waals surface area (Å²) in [5, 5.41) is 4.73. The number of rotatable bonds is 3. The molecule has 0 atom stereocenters. The number of nitrogens with zero attached hydrogens (tertiary/aromatic N) is 1. The summed E-state index contributed by atoms with van der Waals surface area (Å²) < 4.78 is 38.4. The molecule has 0 radical (unpaired) electrons. The molecule has 7 heteroatoms. The van der Waals surface area contributed by atoms with Gasteiger partial charge in [0.25, 0.3) is 5.91 Å². The van der Waals surface area contributed by atoms with Crippen molar-refractivity contribution in [3.63, 3.8) is 0 Å². The normalized spacial score (nSPS) is 11.5. The Hall–Kier alpha value is -2.67. The SMILES string of the molecule is Cc1cc(C)c(-c2csc(NC(=O)c3cccc(C(F)(F)F)c3)n2)cc1C. The third-order valence-corrected chi connectivity index (χ3v) is 5.05. The number of aryl methyl sites for hydroxylation is 3. The summed E-state index contributed by atoms with van der Waals surface area (Å²) in [7, 11) is 0. The summed E-state index contributed by atoms with van der Waals surface area (Å²) in [6, 6.07) is 8.43. The lowest BCUT2D eigenvalue weighted by atomic mass is 9.99. The molecule has 3 aromatic rings. The molecule has 0 aliphatic rings. The topological polar surface area (TPSA) is 42.0 Å². The number of thiazole rings is 1. The lowest BCUT2D eigenvalue weighted by Crippen LogP contribution is -2.13. The van der Waals surface area contributed by atoms with Crippen LogP contribution in [0.15, 0.2) is 41.8 Å². The van der Waals surface area contributed by atoms with Gasteiger partial charge in [-0.2, -0.15) is 13.2 Å². The fourth-order valence-corrected chi connectivity index (χ4v) is 3.40. The van der Waals surface area contributed by atoms with Gasteiger partial charge >= 0.3 is 6.18 Å². The molecule has 0 saturated carbocycles. The molecule has 1 aromatic heterocycles. The van der Waals surface area contributed by atoms with Gasteiger partial charge in [-0.25, -0.2) is 4.98 Å². The Labute approximate surface area is 158 Å². The molecule has 0 bridgehead atoms. The van der Waals surface area contributed by atoms with Crippen molar-refractivity contribution in [1.82, 2.24) is 4.98 Å². The molecule has 3 rings (SSSR count). The Bertz CT molecular complexity index is 1010. The molecule has 0 aliphatic carbocycles. The highest BCUT2D eigenvalue weighted by Gasteiger charge is 2.31. The minimum absolute atomic E-state index is 0.0658. The minimum atomic E-state index is -4.49. The summed E-state index contributed by atoms with van der Waals surface area (Å²) in [5.74, 6) is -0.626. The maximum absolute atomic E-state index is 12.8. The van der Waals surface area contributed by atoms with Crippen molar-refractivity contribution in [3.8, 4) is 11.3 Å². The van der Waals surface area contributed by atoms with Crippen LogP contribution in [0.3, 0.4) is 0 Å². The molecule has 0 saturated heterocycles. The second kappa shape index (κ2) is 7.15. The first-order chi connectivity index (χ1) is 12.6. The van der Waals surface area contributed by atoms with Gasteiger partial charge < -0.3 is 0 Å². The smallest absolute Gasteiger partial charge is 0.298 e. The Morgan fingerprint density at radius 3 is 2.44 bits per heavy atom. The van der Waals surface area contributed by atoms with Crippen LogP contribution in [0.25, 0.3) is 11.3 Å². The number of carbonyl (C=O) groups excluding carboxylic acids is 1. The van der Waals surface area contributed by atoms with E-state index in [0.29, 0.717) is 5.13 Å². The van der Waals surface area contributed by atoms with Crippen LogP contribution in [0.1, 0.15) is 32.6 Å². The van der Waals surface area contributed by atoms with E-state index >= 15 is 0 Å². The van der Waals surface area contributed by atoms with Gasteiger partial charge in [0.2, 0.25) is 0 Å². The number of alkyl halides is 3. The quantitative estimate of drug-likeness (QED) is 0.595. The van der Waals surface area contributed by atoms with E-state index in [2.05, 4.69) is 16.4 Å². The summed E-state index contributed by atoms with van der Waals surface area (Å²) in [6.45, 7) is 6.04. The third-order valence-electron chi connectivity index (χ3n) is 4.29.